The molecular formula is C16H12ClFO3. The van der Waals surface area contributed by atoms with Crippen LogP contribution < -0.4 is 4.74 Å². The molecule has 0 unspecified atom stereocenters. The van der Waals surface area contributed by atoms with Gasteiger partial charge in [-0.1, -0.05) is 17.7 Å². The number of carbonyl (C=O) groups is 1. The van der Waals surface area contributed by atoms with Gasteiger partial charge in [0.1, 0.15) is 5.75 Å². The summed E-state index contributed by atoms with van der Waals surface area (Å²) in [7, 11) is 0. The fraction of sp³-hybridized carbons (Fsp3) is 0.0625. The Labute approximate surface area is 126 Å². The monoisotopic (exact) mass is 306 g/mol. The third-order valence-corrected chi connectivity index (χ3v) is 3.02. The molecule has 2 aromatic carbocycles. The number of carboxylic acid groups (broad SMARTS) is 1. The van der Waals surface area contributed by atoms with Crippen LogP contribution in [-0.4, -0.2) is 11.1 Å². The highest BCUT2D eigenvalue weighted by atomic mass is 35.5. The molecule has 0 saturated heterocycles. The van der Waals surface area contributed by atoms with Crippen molar-refractivity contribution >= 4 is 23.6 Å². The van der Waals surface area contributed by atoms with Crippen molar-refractivity contribution < 1.29 is 19.0 Å². The summed E-state index contributed by atoms with van der Waals surface area (Å²) in [5.41, 5.74) is 1.41. The highest BCUT2D eigenvalue weighted by Crippen LogP contribution is 2.29. The van der Waals surface area contributed by atoms with Crippen molar-refractivity contribution in [3.8, 4) is 11.5 Å². The zero-order chi connectivity index (χ0) is 15.4. The van der Waals surface area contributed by atoms with Gasteiger partial charge in [0, 0.05) is 12.1 Å². The number of hydrogen-bond acceptors (Lipinski definition) is 2. The molecule has 0 amide bonds. The second kappa shape index (κ2) is 6.41. The molecule has 0 aliphatic rings. The van der Waals surface area contributed by atoms with Crippen molar-refractivity contribution in [2.24, 2.45) is 0 Å². The van der Waals surface area contributed by atoms with Gasteiger partial charge in [-0.25, -0.2) is 9.18 Å². The summed E-state index contributed by atoms with van der Waals surface area (Å²) < 4.78 is 19.1. The summed E-state index contributed by atoms with van der Waals surface area (Å²) in [5, 5.41) is 8.89. The van der Waals surface area contributed by atoms with Crippen LogP contribution in [0.25, 0.3) is 6.08 Å². The molecule has 0 aliphatic carbocycles. The fourth-order valence-electron chi connectivity index (χ4n) is 1.68. The number of halogens is 2. The van der Waals surface area contributed by atoms with Gasteiger partial charge < -0.3 is 9.84 Å². The van der Waals surface area contributed by atoms with Crippen molar-refractivity contribution in [1.29, 1.82) is 0 Å². The first-order valence-electron chi connectivity index (χ1n) is 6.10. The van der Waals surface area contributed by atoms with Gasteiger partial charge in [-0.2, -0.15) is 0 Å². The van der Waals surface area contributed by atoms with Gasteiger partial charge in [0.05, 0.1) is 5.02 Å². The van der Waals surface area contributed by atoms with E-state index < -0.39 is 11.8 Å². The molecule has 0 saturated carbocycles. The molecule has 2 aromatic rings. The molecule has 5 heteroatoms. The first-order valence-corrected chi connectivity index (χ1v) is 6.48. The van der Waals surface area contributed by atoms with Gasteiger partial charge in [0.25, 0.3) is 0 Å². The van der Waals surface area contributed by atoms with Gasteiger partial charge in [-0.05, 0) is 48.4 Å². The SMILES string of the molecule is Cc1ccc(F)c(Oc2ccc(/C=C/C(=O)O)c(Cl)c2)c1. The number of aliphatic carboxylic acids is 1. The Balaban J connectivity index is 2.24. The number of ether oxygens (including phenoxy) is 1. The summed E-state index contributed by atoms with van der Waals surface area (Å²) in [6, 6.07) is 9.26. The van der Waals surface area contributed by atoms with E-state index in [9.17, 15) is 9.18 Å². The maximum Gasteiger partial charge on any atom is 0.328 e. The smallest absolute Gasteiger partial charge is 0.328 e. The van der Waals surface area contributed by atoms with Crippen molar-refractivity contribution in [2.45, 2.75) is 6.92 Å². The second-order valence-corrected chi connectivity index (χ2v) is 4.80. The molecule has 0 aliphatic heterocycles. The van der Waals surface area contributed by atoms with Gasteiger partial charge in [-0.15, -0.1) is 0 Å². The predicted molar refractivity (Wildman–Crippen MR) is 79.3 cm³/mol. The van der Waals surface area contributed by atoms with Crippen LogP contribution in [0.15, 0.2) is 42.5 Å². The third-order valence-electron chi connectivity index (χ3n) is 2.69. The van der Waals surface area contributed by atoms with Crippen LogP contribution in [0.4, 0.5) is 4.39 Å². The highest BCUT2D eigenvalue weighted by Gasteiger charge is 2.07. The molecule has 0 bridgehead atoms. The normalized spacial score (nSPS) is 10.8. The van der Waals surface area contributed by atoms with E-state index in [1.54, 1.807) is 24.3 Å². The summed E-state index contributed by atoms with van der Waals surface area (Å²) in [5.74, 6) is -1.04. The Bertz CT molecular complexity index is 711. The van der Waals surface area contributed by atoms with Crippen LogP contribution >= 0.6 is 11.6 Å². The Morgan fingerprint density at radius 1 is 1.29 bits per heavy atom. The van der Waals surface area contributed by atoms with Crippen LogP contribution in [0.5, 0.6) is 11.5 Å². The van der Waals surface area contributed by atoms with E-state index in [-0.39, 0.29) is 5.75 Å². The Kier molecular flexibility index (Phi) is 4.60. The molecule has 0 heterocycles. The van der Waals surface area contributed by atoms with E-state index in [0.717, 1.165) is 11.6 Å². The molecule has 0 fully saturated rings. The summed E-state index contributed by atoms with van der Waals surface area (Å²) in [6.07, 6.45) is 2.36. The number of rotatable bonds is 4. The van der Waals surface area contributed by atoms with Crippen molar-refractivity contribution in [1.82, 2.24) is 0 Å². The average Bonchev–Trinajstić information content (AvgIpc) is 2.42. The molecule has 0 spiro atoms. The summed E-state index contributed by atoms with van der Waals surface area (Å²) >= 11 is 6.03. The van der Waals surface area contributed by atoms with Gasteiger partial charge in [-0.3, -0.25) is 0 Å². The summed E-state index contributed by atoms with van der Waals surface area (Å²) in [4.78, 5) is 10.5. The molecule has 108 valence electrons. The number of benzene rings is 2. The lowest BCUT2D eigenvalue weighted by atomic mass is 10.2. The zero-order valence-corrected chi connectivity index (χ0v) is 11.9. The van der Waals surface area contributed by atoms with Crippen LogP contribution in [0, 0.1) is 12.7 Å². The fourth-order valence-corrected chi connectivity index (χ4v) is 1.92. The highest BCUT2D eigenvalue weighted by molar-refractivity contribution is 6.32. The average molecular weight is 307 g/mol. The molecule has 21 heavy (non-hydrogen) atoms. The van der Waals surface area contributed by atoms with E-state index in [0.29, 0.717) is 16.3 Å². The largest absolute Gasteiger partial charge is 0.478 e. The van der Waals surface area contributed by atoms with Crippen molar-refractivity contribution in [3.63, 3.8) is 0 Å². The van der Waals surface area contributed by atoms with Crippen LogP contribution in [0.3, 0.4) is 0 Å². The minimum atomic E-state index is -1.06. The molecule has 1 N–H and O–H groups in total. The lowest BCUT2D eigenvalue weighted by Gasteiger charge is -2.09. The van der Waals surface area contributed by atoms with Crippen LogP contribution in [0.2, 0.25) is 5.02 Å². The van der Waals surface area contributed by atoms with E-state index >= 15 is 0 Å². The Hall–Kier alpha value is -2.33. The predicted octanol–water partition coefficient (Wildman–Crippen LogP) is 4.68. The van der Waals surface area contributed by atoms with Crippen molar-refractivity contribution in [2.75, 3.05) is 0 Å². The minimum Gasteiger partial charge on any atom is -0.478 e. The quantitative estimate of drug-likeness (QED) is 0.834. The standard InChI is InChI=1S/C16H12ClFO3/c1-10-2-6-14(18)15(8-10)21-12-5-3-11(13(17)9-12)4-7-16(19)20/h2-9H,1H3,(H,19,20)/b7-4+. The first kappa shape index (κ1) is 15.1. The van der Waals surface area contributed by atoms with Crippen LogP contribution in [-0.2, 0) is 4.79 Å². The van der Waals surface area contributed by atoms with Crippen molar-refractivity contribution in [3.05, 3.63) is 64.4 Å². The van der Waals surface area contributed by atoms with E-state index in [4.69, 9.17) is 21.4 Å². The second-order valence-electron chi connectivity index (χ2n) is 4.39. The van der Waals surface area contributed by atoms with Gasteiger partial charge >= 0.3 is 5.97 Å². The minimum absolute atomic E-state index is 0.111. The van der Waals surface area contributed by atoms with E-state index in [1.807, 2.05) is 6.92 Å². The Morgan fingerprint density at radius 3 is 2.71 bits per heavy atom. The van der Waals surface area contributed by atoms with E-state index in [1.165, 1.54) is 18.2 Å². The third kappa shape index (κ3) is 4.07. The van der Waals surface area contributed by atoms with Gasteiger partial charge in [0.15, 0.2) is 11.6 Å². The molecule has 0 radical (unpaired) electrons. The number of aryl methyl sites for hydroxylation is 1. The lowest BCUT2D eigenvalue weighted by Crippen LogP contribution is -1.90. The molecule has 2 rings (SSSR count). The number of hydrogen-bond donors (Lipinski definition) is 1. The maximum absolute atomic E-state index is 13.6. The summed E-state index contributed by atoms with van der Waals surface area (Å²) in [6.45, 7) is 1.83. The van der Waals surface area contributed by atoms with E-state index in [2.05, 4.69) is 0 Å². The van der Waals surface area contributed by atoms with Crippen LogP contribution in [0.1, 0.15) is 11.1 Å². The molecule has 0 atom stereocenters. The first-order chi connectivity index (χ1) is 9.95. The zero-order valence-electron chi connectivity index (χ0n) is 11.1. The molecular weight excluding hydrogens is 295 g/mol. The topological polar surface area (TPSA) is 46.5 Å². The lowest BCUT2D eigenvalue weighted by molar-refractivity contribution is -0.131. The number of carboxylic acids is 1. The van der Waals surface area contributed by atoms with Gasteiger partial charge in [0.2, 0.25) is 0 Å². The molecule has 3 nitrogen and oxygen atoms in total. The maximum atomic E-state index is 13.6. The Morgan fingerprint density at radius 2 is 2.05 bits per heavy atom. The molecule has 0 aromatic heterocycles.